The highest BCUT2D eigenvalue weighted by Crippen LogP contribution is 2.31. The molecule has 6 heteroatoms. The van der Waals surface area contributed by atoms with Crippen molar-refractivity contribution >= 4 is 23.1 Å². The Bertz CT molecular complexity index is 933. The zero-order valence-electron chi connectivity index (χ0n) is 13.8. The largest absolute Gasteiger partial charge is 0.383 e. The van der Waals surface area contributed by atoms with Crippen molar-refractivity contribution in [3.63, 3.8) is 0 Å². The van der Waals surface area contributed by atoms with Crippen molar-refractivity contribution in [1.82, 2.24) is 9.55 Å². The minimum Gasteiger partial charge on any atom is -0.383 e. The third-order valence-electron chi connectivity index (χ3n) is 4.60. The Morgan fingerprint density at radius 3 is 2.60 bits per heavy atom. The lowest BCUT2D eigenvalue weighted by Gasteiger charge is -2.30. The van der Waals surface area contributed by atoms with Crippen LogP contribution in [0.3, 0.4) is 0 Å². The standard InChI is InChI=1S/C19H18ClFN4/c1-12-2-5-14(6-3-12)24-8-9-25-17(11-24)23-18(19(25)22)13-4-7-15(20)16(21)10-13/h2-7,10H,8-9,11,22H2,1H3. The van der Waals surface area contributed by atoms with Crippen molar-refractivity contribution < 1.29 is 4.39 Å². The predicted molar refractivity (Wildman–Crippen MR) is 99.3 cm³/mol. The molecule has 0 saturated carbocycles. The van der Waals surface area contributed by atoms with Crippen LogP contribution in [0.4, 0.5) is 15.9 Å². The quantitative estimate of drug-likeness (QED) is 0.746. The van der Waals surface area contributed by atoms with Crippen molar-refractivity contribution in [1.29, 1.82) is 0 Å². The van der Waals surface area contributed by atoms with Crippen LogP contribution in [0.1, 0.15) is 11.4 Å². The molecule has 1 aliphatic rings. The fourth-order valence-corrected chi connectivity index (χ4v) is 3.30. The predicted octanol–water partition coefficient (Wildman–Crippen LogP) is 4.25. The summed E-state index contributed by atoms with van der Waals surface area (Å²) >= 11 is 5.77. The first-order chi connectivity index (χ1) is 12.0. The molecular weight excluding hydrogens is 339 g/mol. The SMILES string of the molecule is Cc1ccc(N2CCn3c(nc(-c4ccc(Cl)c(F)c4)c3N)C2)cc1. The number of halogens is 2. The number of hydrogen-bond donors (Lipinski definition) is 1. The Balaban J connectivity index is 1.67. The summed E-state index contributed by atoms with van der Waals surface area (Å²) in [7, 11) is 0. The number of nitrogens with two attached hydrogens (primary N) is 1. The van der Waals surface area contributed by atoms with Gasteiger partial charge in [-0.2, -0.15) is 0 Å². The minimum absolute atomic E-state index is 0.0943. The van der Waals surface area contributed by atoms with Crippen LogP contribution < -0.4 is 10.6 Å². The van der Waals surface area contributed by atoms with Crippen LogP contribution in [-0.2, 0) is 13.1 Å². The van der Waals surface area contributed by atoms with Gasteiger partial charge in [0.1, 0.15) is 23.2 Å². The van der Waals surface area contributed by atoms with Gasteiger partial charge in [-0.15, -0.1) is 0 Å². The van der Waals surface area contributed by atoms with E-state index < -0.39 is 5.82 Å². The molecular formula is C19H18ClFN4. The van der Waals surface area contributed by atoms with Gasteiger partial charge in [0.2, 0.25) is 0 Å². The Morgan fingerprint density at radius 2 is 1.88 bits per heavy atom. The van der Waals surface area contributed by atoms with E-state index >= 15 is 0 Å². The summed E-state index contributed by atoms with van der Waals surface area (Å²) < 4.78 is 15.8. The molecule has 3 aromatic rings. The Morgan fingerprint density at radius 1 is 1.12 bits per heavy atom. The number of nitrogens with zero attached hydrogens (tertiary/aromatic N) is 3. The summed E-state index contributed by atoms with van der Waals surface area (Å²) in [5, 5.41) is 0.0943. The van der Waals surface area contributed by atoms with Gasteiger partial charge < -0.3 is 15.2 Å². The van der Waals surface area contributed by atoms with Crippen LogP contribution in [-0.4, -0.2) is 16.1 Å². The smallest absolute Gasteiger partial charge is 0.142 e. The summed E-state index contributed by atoms with van der Waals surface area (Å²) in [6.45, 7) is 4.34. The molecule has 0 fully saturated rings. The van der Waals surface area contributed by atoms with Crippen LogP contribution in [0.5, 0.6) is 0 Å². The highest BCUT2D eigenvalue weighted by atomic mass is 35.5. The number of anilines is 2. The molecule has 2 heterocycles. The molecule has 0 aliphatic carbocycles. The van der Waals surface area contributed by atoms with E-state index in [0.717, 1.165) is 24.6 Å². The van der Waals surface area contributed by atoms with Crippen LogP contribution in [0, 0.1) is 12.7 Å². The Labute approximate surface area is 150 Å². The summed E-state index contributed by atoms with van der Waals surface area (Å²) in [5.74, 6) is 0.987. The van der Waals surface area contributed by atoms with E-state index in [-0.39, 0.29) is 5.02 Å². The maximum atomic E-state index is 13.8. The van der Waals surface area contributed by atoms with Crippen molar-refractivity contribution in [3.05, 3.63) is 64.7 Å². The molecule has 1 aliphatic heterocycles. The Hall–Kier alpha value is -2.53. The number of aryl methyl sites for hydroxylation is 1. The lowest BCUT2D eigenvalue weighted by molar-refractivity contribution is 0.565. The van der Waals surface area contributed by atoms with Gasteiger partial charge >= 0.3 is 0 Å². The van der Waals surface area contributed by atoms with E-state index in [2.05, 4.69) is 41.1 Å². The molecule has 0 saturated heterocycles. The van der Waals surface area contributed by atoms with Gasteiger partial charge in [-0.05, 0) is 31.2 Å². The average molecular weight is 357 g/mol. The molecule has 1 aromatic heterocycles. The van der Waals surface area contributed by atoms with E-state index in [1.807, 2.05) is 4.57 Å². The molecule has 0 atom stereocenters. The second-order valence-corrected chi connectivity index (χ2v) is 6.71. The second-order valence-electron chi connectivity index (χ2n) is 6.30. The Kier molecular flexibility index (Phi) is 3.88. The lowest BCUT2D eigenvalue weighted by atomic mass is 10.1. The second kappa shape index (κ2) is 6.08. The molecule has 4 rings (SSSR count). The molecule has 25 heavy (non-hydrogen) atoms. The fraction of sp³-hybridized carbons (Fsp3) is 0.211. The van der Waals surface area contributed by atoms with Gasteiger partial charge in [0.05, 0.1) is 11.6 Å². The maximum Gasteiger partial charge on any atom is 0.142 e. The molecule has 4 nitrogen and oxygen atoms in total. The summed E-state index contributed by atoms with van der Waals surface area (Å²) in [4.78, 5) is 6.94. The van der Waals surface area contributed by atoms with Crippen molar-refractivity contribution in [2.75, 3.05) is 17.2 Å². The van der Waals surface area contributed by atoms with E-state index in [9.17, 15) is 4.39 Å². The number of rotatable bonds is 2. The summed E-state index contributed by atoms with van der Waals surface area (Å²) in [6.07, 6.45) is 0. The molecule has 2 N–H and O–H groups in total. The third kappa shape index (κ3) is 2.85. The number of aromatic nitrogens is 2. The number of hydrogen-bond acceptors (Lipinski definition) is 3. The van der Waals surface area contributed by atoms with Crippen LogP contribution >= 0.6 is 11.6 Å². The third-order valence-corrected chi connectivity index (χ3v) is 4.91. The van der Waals surface area contributed by atoms with Gasteiger partial charge in [0.15, 0.2) is 0 Å². The molecule has 128 valence electrons. The average Bonchev–Trinajstić information content (AvgIpc) is 2.94. The topological polar surface area (TPSA) is 47.1 Å². The van der Waals surface area contributed by atoms with Gasteiger partial charge in [-0.3, -0.25) is 0 Å². The van der Waals surface area contributed by atoms with E-state index in [1.165, 1.54) is 17.7 Å². The molecule has 0 bridgehead atoms. The summed E-state index contributed by atoms with van der Waals surface area (Å²) in [6, 6.07) is 13.1. The van der Waals surface area contributed by atoms with Gasteiger partial charge in [0.25, 0.3) is 0 Å². The zero-order valence-corrected chi connectivity index (χ0v) is 14.6. The van der Waals surface area contributed by atoms with Gasteiger partial charge in [0, 0.05) is 24.3 Å². The lowest BCUT2D eigenvalue weighted by Crippen LogP contribution is -2.34. The first-order valence-electron chi connectivity index (χ1n) is 8.15. The van der Waals surface area contributed by atoms with E-state index in [4.69, 9.17) is 17.3 Å². The number of imidazole rings is 1. The van der Waals surface area contributed by atoms with Crippen LogP contribution in [0.2, 0.25) is 5.02 Å². The molecule has 0 amide bonds. The van der Waals surface area contributed by atoms with Crippen molar-refractivity contribution in [3.8, 4) is 11.3 Å². The van der Waals surface area contributed by atoms with Crippen LogP contribution in [0.25, 0.3) is 11.3 Å². The number of benzene rings is 2. The zero-order chi connectivity index (χ0) is 17.6. The van der Waals surface area contributed by atoms with Crippen LogP contribution in [0.15, 0.2) is 42.5 Å². The van der Waals surface area contributed by atoms with Gasteiger partial charge in [-0.1, -0.05) is 35.4 Å². The first-order valence-corrected chi connectivity index (χ1v) is 8.52. The fourth-order valence-electron chi connectivity index (χ4n) is 3.19. The minimum atomic E-state index is -0.467. The monoisotopic (exact) mass is 356 g/mol. The van der Waals surface area contributed by atoms with Crippen molar-refractivity contribution in [2.24, 2.45) is 0 Å². The normalized spacial score (nSPS) is 13.8. The maximum absolute atomic E-state index is 13.8. The molecule has 0 unspecified atom stereocenters. The number of fused-ring (bicyclic) bond motifs is 1. The van der Waals surface area contributed by atoms with Crippen molar-refractivity contribution in [2.45, 2.75) is 20.0 Å². The van der Waals surface area contributed by atoms with E-state index in [0.29, 0.717) is 23.6 Å². The molecule has 0 spiro atoms. The van der Waals surface area contributed by atoms with E-state index in [1.54, 1.807) is 6.07 Å². The highest BCUT2D eigenvalue weighted by molar-refractivity contribution is 6.30. The number of nitrogen functional groups attached to an aromatic ring is 1. The van der Waals surface area contributed by atoms with Gasteiger partial charge in [-0.25, -0.2) is 9.37 Å². The summed E-state index contributed by atoms with van der Waals surface area (Å²) in [5.41, 5.74) is 9.92. The first kappa shape index (κ1) is 16.0. The molecule has 0 radical (unpaired) electrons. The molecule has 2 aromatic carbocycles. The highest BCUT2D eigenvalue weighted by Gasteiger charge is 2.23.